The SMILES string of the molecule is Cc1cc(Cl)ccc1-c1ccc(C(=O)O)c(OCc2cccc3ccccc23)c1. The van der Waals surface area contributed by atoms with Crippen LogP contribution in [0.4, 0.5) is 0 Å². The predicted octanol–water partition coefficient (Wildman–Crippen LogP) is 6.75. The van der Waals surface area contributed by atoms with Crippen LogP contribution in [0.3, 0.4) is 0 Å². The van der Waals surface area contributed by atoms with Gasteiger partial charge in [0.1, 0.15) is 17.9 Å². The lowest BCUT2D eigenvalue weighted by atomic mass is 9.99. The van der Waals surface area contributed by atoms with Gasteiger partial charge in [-0.1, -0.05) is 66.2 Å². The average Bonchev–Trinajstić information content (AvgIpc) is 2.72. The lowest BCUT2D eigenvalue weighted by molar-refractivity contribution is 0.0692. The molecule has 0 saturated carbocycles. The molecular formula is C25H19ClO3. The molecule has 4 aromatic carbocycles. The number of hydrogen-bond acceptors (Lipinski definition) is 2. The molecular weight excluding hydrogens is 384 g/mol. The van der Waals surface area contributed by atoms with E-state index >= 15 is 0 Å². The summed E-state index contributed by atoms with van der Waals surface area (Å²) in [5.74, 6) is -0.672. The van der Waals surface area contributed by atoms with E-state index in [-0.39, 0.29) is 12.2 Å². The third-order valence-electron chi connectivity index (χ3n) is 4.97. The van der Waals surface area contributed by atoms with E-state index in [0.29, 0.717) is 10.8 Å². The van der Waals surface area contributed by atoms with Crippen molar-refractivity contribution < 1.29 is 14.6 Å². The first-order chi connectivity index (χ1) is 14.0. The Bertz CT molecular complexity index is 1210. The van der Waals surface area contributed by atoms with Crippen molar-refractivity contribution in [1.29, 1.82) is 0 Å². The molecule has 4 heteroatoms. The minimum atomic E-state index is -1.02. The molecule has 29 heavy (non-hydrogen) atoms. The van der Waals surface area contributed by atoms with Crippen LogP contribution in [0.25, 0.3) is 21.9 Å². The van der Waals surface area contributed by atoms with Gasteiger partial charge in [-0.25, -0.2) is 4.79 Å². The van der Waals surface area contributed by atoms with Crippen molar-refractivity contribution in [3.63, 3.8) is 0 Å². The standard InChI is InChI=1S/C25H19ClO3/c1-16-13-20(26)10-12-21(16)18-9-11-23(25(27)28)24(14-18)29-15-19-7-4-6-17-5-2-3-8-22(17)19/h2-14H,15H2,1H3,(H,27,28). The molecule has 3 nitrogen and oxygen atoms in total. The van der Waals surface area contributed by atoms with Crippen LogP contribution in [0.2, 0.25) is 5.02 Å². The lowest BCUT2D eigenvalue weighted by Crippen LogP contribution is -2.04. The van der Waals surface area contributed by atoms with Crippen molar-refractivity contribution in [2.24, 2.45) is 0 Å². The summed E-state index contributed by atoms with van der Waals surface area (Å²) < 4.78 is 6.01. The Morgan fingerprint density at radius 3 is 2.55 bits per heavy atom. The Balaban J connectivity index is 1.70. The minimum Gasteiger partial charge on any atom is -0.488 e. The lowest BCUT2D eigenvalue weighted by Gasteiger charge is -2.14. The monoisotopic (exact) mass is 402 g/mol. The van der Waals surface area contributed by atoms with Gasteiger partial charge >= 0.3 is 5.97 Å². The highest BCUT2D eigenvalue weighted by Gasteiger charge is 2.14. The van der Waals surface area contributed by atoms with E-state index in [1.807, 2.05) is 67.6 Å². The van der Waals surface area contributed by atoms with Crippen LogP contribution < -0.4 is 4.74 Å². The second-order valence-electron chi connectivity index (χ2n) is 6.90. The zero-order valence-electron chi connectivity index (χ0n) is 15.9. The number of carbonyl (C=O) groups is 1. The van der Waals surface area contributed by atoms with Crippen molar-refractivity contribution >= 4 is 28.3 Å². The highest BCUT2D eigenvalue weighted by molar-refractivity contribution is 6.30. The van der Waals surface area contributed by atoms with Gasteiger partial charge < -0.3 is 9.84 Å². The van der Waals surface area contributed by atoms with Gasteiger partial charge in [0.15, 0.2) is 0 Å². The topological polar surface area (TPSA) is 46.5 Å². The van der Waals surface area contributed by atoms with Crippen molar-refractivity contribution in [3.05, 3.63) is 101 Å². The Kier molecular flexibility index (Phi) is 5.24. The smallest absolute Gasteiger partial charge is 0.339 e. The molecule has 0 aromatic heterocycles. The van der Waals surface area contributed by atoms with E-state index in [4.69, 9.17) is 16.3 Å². The Morgan fingerprint density at radius 2 is 1.76 bits per heavy atom. The molecule has 0 bridgehead atoms. The van der Waals surface area contributed by atoms with Gasteiger partial charge in [0, 0.05) is 5.02 Å². The molecule has 4 aromatic rings. The first-order valence-electron chi connectivity index (χ1n) is 9.26. The van der Waals surface area contributed by atoms with Crippen LogP contribution in [0, 0.1) is 6.92 Å². The van der Waals surface area contributed by atoms with Crippen LogP contribution >= 0.6 is 11.6 Å². The summed E-state index contributed by atoms with van der Waals surface area (Å²) in [5, 5.41) is 12.5. The van der Waals surface area contributed by atoms with Gasteiger partial charge in [-0.05, 0) is 64.2 Å². The molecule has 0 spiro atoms. The first kappa shape index (κ1) is 19.0. The number of aryl methyl sites for hydroxylation is 1. The molecule has 0 atom stereocenters. The zero-order chi connectivity index (χ0) is 20.4. The largest absolute Gasteiger partial charge is 0.488 e. The van der Waals surface area contributed by atoms with E-state index in [9.17, 15) is 9.90 Å². The summed E-state index contributed by atoms with van der Waals surface area (Å²) in [6.45, 7) is 2.26. The van der Waals surface area contributed by atoms with Crippen LogP contribution in [0.5, 0.6) is 5.75 Å². The van der Waals surface area contributed by atoms with E-state index in [0.717, 1.165) is 33.0 Å². The third kappa shape index (κ3) is 3.96. The Morgan fingerprint density at radius 1 is 0.966 bits per heavy atom. The number of ether oxygens (including phenoxy) is 1. The number of carboxylic acid groups (broad SMARTS) is 1. The van der Waals surface area contributed by atoms with Crippen LogP contribution in [-0.2, 0) is 6.61 Å². The molecule has 0 saturated heterocycles. The van der Waals surface area contributed by atoms with Crippen LogP contribution in [-0.4, -0.2) is 11.1 Å². The fourth-order valence-corrected chi connectivity index (χ4v) is 3.74. The van der Waals surface area contributed by atoms with Gasteiger partial charge in [0.25, 0.3) is 0 Å². The minimum absolute atomic E-state index is 0.139. The van der Waals surface area contributed by atoms with E-state index in [1.165, 1.54) is 0 Å². The quantitative estimate of drug-likeness (QED) is 0.401. The summed E-state index contributed by atoms with van der Waals surface area (Å²) in [6, 6.07) is 24.9. The van der Waals surface area contributed by atoms with Gasteiger partial charge in [-0.3, -0.25) is 0 Å². The maximum Gasteiger partial charge on any atom is 0.339 e. The first-order valence-corrected chi connectivity index (χ1v) is 9.64. The molecule has 0 fully saturated rings. The highest BCUT2D eigenvalue weighted by atomic mass is 35.5. The van der Waals surface area contributed by atoms with Crippen molar-refractivity contribution in [3.8, 4) is 16.9 Å². The molecule has 1 N–H and O–H groups in total. The number of hydrogen-bond donors (Lipinski definition) is 1. The number of benzene rings is 4. The maximum atomic E-state index is 11.7. The number of halogens is 1. The fourth-order valence-electron chi connectivity index (χ4n) is 3.51. The predicted molar refractivity (Wildman–Crippen MR) is 117 cm³/mol. The second-order valence-corrected chi connectivity index (χ2v) is 7.34. The van der Waals surface area contributed by atoms with Gasteiger partial charge in [-0.2, -0.15) is 0 Å². The highest BCUT2D eigenvalue weighted by Crippen LogP contribution is 2.32. The third-order valence-corrected chi connectivity index (χ3v) is 5.21. The van der Waals surface area contributed by atoms with E-state index in [2.05, 4.69) is 0 Å². The number of fused-ring (bicyclic) bond motifs is 1. The average molecular weight is 403 g/mol. The normalized spacial score (nSPS) is 10.8. The van der Waals surface area contributed by atoms with E-state index in [1.54, 1.807) is 18.2 Å². The summed E-state index contributed by atoms with van der Waals surface area (Å²) in [7, 11) is 0. The van der Waals surface area contributed by atoms with Crippen LogP contribution in [0.15, 0.2) is 78.9 Å². The molecule has 144 valence electrons. The summed E-state index contributed by atoms with van der Waals surface area (Å²) in [6.07, 6.45) is 0. The van der Waals surface area contributed by atoms with Crippen molar-refractivity contribution in [1.82, 2.24) is 0 Å². The van der Waals surface area contributed by atoms with E-state index < -0.39 is 5.97 Å². The van der Waals surface area contributed by atoms with Gasteiger partial charge in [0.2, 0.25) is 0 Å². The van der Waals surface area contributed by atoms with Gasteiger partial charge in [0.05, 0.1) is 0 Å². The molecule has 0 aliphatic rings. The molecule has 0 aliphatic heterocycles. The fraction of sp³-hybridized carbons (Fsp3) is 0.0800. The molecule has 0 aliphatic carbocycles. The Hall–Kier alpha value is -3.30. The number of aromatic carboxylic acids is 1. The molecule has 0 heterocycles. The summed E-state index contributed by atoms with van der Waals surface area (Å²) >= 11 is 6.07. The summed E-state index contributed by atoms with van der Waals surface area (Å²) in [4.78, 5) is 11.7. The van der Waals surface area contributed by atoms with Crippen molar-refractivity contribution in [2.45, 2.75) is 13.5 Å². The zero-order valence-corrected chi connectivity index (χ0v) is 16.6. The number of carboxylic acids is 1. The molecule has 0 unspecified atom stereocenters. The molecule has 0 amide bonds. The molecule has 0 radical (unpaired) electrons. The van der Waals surface area contributed by atoms with Crippen molar-refractivity contribution in [2.75, 3.05) is 0 Å². The second kappa shape index (κ2) is 7.98. The Labute approximate surface area is 174 Å². The van der Waals surface area contributed by atoms with Gasteiger partial charge in [-0.15, -0.1) is 0 Å². The number of rotatable bonds is 5. The summed E-state index contributed by atoms with van der Waals surface area (Å²) in [5.41, 5.74) is 4.03. The molecule has 4 rings (SSSR count). The van der Waals surface area contributed by atoms with Crippen LogP contribution in [0.1, 0.15) is 21.5 Å². The maximum absolute atomic E-state index is 11.7.